The SMILES string of the molecule is FC(F)(F)C(F)(F)C(F)(F)C1=NC(F)(C(F)(F)C(F)(F)C(F)(F)F)N2C=CC=CC2=N1. The van der Waals surface area contributed by atoms with Crippen LogP contribution in [-0.2, 0) is 0 Å². The summed E-state index contributed by atoms with van der Waals surface area (Å²) < 4.78 is 198. The van der Waals surface area contributed by atoms with Crippen LogP contribution >= 0.6 is 0 Å². The van der Waals surface area contributed by atoms with E-state index in [4.69, 9.17) is 0 Å². The second-order valence-corrected chi connectivity index (χ2v) is 5.86. The molecule has 0 radical (unpaired) electrons. The Balaban J connectivity index is 2.81. The van der Waals surface area contributed by atoms with E-state index in [1.807, 2.05) is 0 Å². The van der Waals surface area contributed by atoms with Crippen LogP contribution in [0.25, 0.3) is 0 Å². The first kappa shape index (κ1) is 24.8. The van der Waals surface area contributed by atoms with Crippen molar-refractivity contribution in [3.05, 3.63) is 24.4 Å². The summed E-state index contributed by atoms with van der Waals surface area (Å²) in [5.74, 6) is -39.5. The molecule has 0 saturated carbocycles. The Bertz CT molecular complexity index is 860. The van der Waals surface area contributed by atoms with Crippen molar-refractivity contribution >= 4 is 11.7 Å². The van der Waals surface area contributed by atoms with Crippen LogP contribution in [0.1, 0.15) is 0 Å². The zero-order chi connectivity index (χ0) is 24.5. The lowest BCUT2D eigenvalue weighted by Crippen LogP contribution is -2.69. The fraction of sp³-hybridized carbons (Fsp3) is 0.538. The second kappa shape index (κ2) is 6.54. The van der Waals surface area contributed by atoms with Crippen molar-refractivity contribution in [2.24, 2.45) is 9.98 Å². The smallest absolute Gasteiger partial charge is 0.275 e. The number of hydrogen-bond acceptors (Lipinski definition) is 3. The number of hydrogen-bond donors (Lipinski definition) is 0. The topological polar surface area (TPSA) is 28.0 Å². The van der Waals surface area contributed by atoms with E-state index in [0.29, 0.717) is 12.2 Å². The monoisotopic (exact) mass is 487 g/mol. The first-order valence-electron chi connectivity index (χ1n) is 7.22. The van der Waals surface area contributed by atoms with E-state index in [0.717, 1.165) is 0 Å². The number of alkyl halides is 15. The third-order valence-corrected chi connectivity index (χ3v) is 3.81. The van der Waals surface area contributed by atoms with Crippen molar-refractivity contribution in [2.45, 2.75) is 42.0 Å². The average Bonchev–Trinajstić information content (AvgIpc) is 2.59. The molecule has 18 heteroatoms. The summed E-state index contributed by atoms with van der Waals surface area (Å²) in [4.78, 5) is 2.82. The van der Waals surface area contributed by atoms with Gasteiger partial charge in [-0.2, -0.15) is 70.8 Å². The fourth-order valence-electron chi connectivity index (χ4n) is 2.16. The highest BCUT2D eigenvalue weighted by Crippen LogP contribution is 2.56. The molecule has 1 atom stereocenters. The molecule has 2 rings (SSSR count). The van der Waals surface area contributed by atoms with Gasteiger partial charge in [-0.05, 0) is 12.2 Å². The van der Waals surface area contributed by atoms with Crippen LogP contribution in [0.2, 0.25) is 0 Å². The Labute approximate surface area is 160 Å². The van der Waals surface area contributed by atoms with E-state index in [1.165, 1.54) is 4.99 Å². The average molecular weight is 487 g/mol. The first-order valence-corrected chi connectivity index (χ1v) is 7.22. The van der Waals surface area contributed by atoms with Gasteiger partial charge in [-0.1, -0.05) is 6.08 Å². The molecular weight excluding hydrogens is 483 g/mol. The van der Waals surface area contributed by atoms with E-state index < -0.39 is 58.5 Å². The van der Waals surface area contributed by atoms with E-state index in [-0.39, 0.29) is 12.3 Å². The third-order valence-electron chi connectivity index (χ3n) is 3.81. The number of aliphatic imine (C=N–C) groups is 2. The van der Waals surface area contributed by atoms with Crippen molar-refractivity contribution in [3.63, 3.8) is 0 Å². The van der Waals surface area contributed by atoms with Gasteiger partial charge in [-0.3, -0.25) is 4.90 Å². The molecule has 2 heterocycles. The maximum absolute atomic E-state index is 15.0. The van der Waals surface area contributed by atoms with Gasteiger partial charge in [-0.15, -0.1) is 0 Å². The molecule has 0 aromatic heterocycles. The van der Waals surface area contributed by atoms with E-state index in [9.17, 15) is 65.9 Å². The van der Waals surface area contributed by atoms with Crippen molar-refractivity contribution in [1.29, 1.82) is 0 Å². The maximum Gasteiger partial charge on any atom is 0.460 e. The molecule has 0 spiro atoms. The number of allylic oxidation sites excluding steroid dienone is 2. The molecule has 176 valence electrons. The molecule has 0 aromatic rings. The lowest BCUT2D eigenvalue weighted by atomic mass is 10.0. The summed E-state index contributed by atoms with van der Waals surface area (Å²) in [6.45, 7) is 0. The minimum atomic E-state index is -7.36. The number of halogens is 15. The predicted molar refractivity (Wildman–Crippen MR) is 70.7 cm³/mol. The summed E-state index contributed by atoms with van der Waals surface area (Å²) in [6.07, 6.45) is -13.1. The number of nitrogens with zero attached hydrogens (tertiary/aromatic N) is 3. The molecule has 0 N–H and O–H groups in total. The van der Waals surface area contributed by atoms with Gasteiger partial charge in [0, 0.05) is 6.20 Å². The van der Waals surface area contributed by atoms with Gasteiger partial charge in [-0.25, -0.2) is 4.99 Å². The molecule has 0 aliphatic carbocycles. The van der Waals surface area contributed by atoms with Crippen LogP contribution in [0.15, 0.2) is 34.4 Å². The van der Waals surface area contributed by atoms with E-state index in [1.54, 1.807) is 0 Å². The molecule has 31 heavy (non-hydrogen) atoms. The zero-order valence-electron chi connectivity index (χ0n) is 13.8. The summed E-state index contributed by atoms with van der Waals surface area (Å²) in [5.41, 5.74) is 0. The maximum atomic E-state index is 15.0. The van der Waals surface area contributed by atoms with Crippen LogP contribution in [0.5, 0.6) is 0 Å². The predicted octanol–water partition coefficient (Wildman–Crippen LogP) is 5.47. The van der Waals surface area contributed by atoms with Crippen molar-refractivity contribution < 1.29 is 65.9 Å². The molecule has 0 amide bonds. The molecule has 1 unspecified atom stereocenters. The quantitative estimate of drug-likeness (QED) is 0.382. The molecular formula is C13H4F15N3. The molecule has 2 aliphatic rings. The number of rotatable bonds is 4. The molecule has 0 saturated heterocycles. The zero-order valence-corrected chi connectivity index (χ0v) is 13.8. The largest absolute Gasteiger partial charge is 0.460 e. The van der Waals surface area contributed by atoms with Gasteiger partial charge in [0.2, 0.25) is 5.84 Å². The molecule has 0 fully saturated rings. The molecule has 0 bridgehead atoms. The van der Waals surface area contributed by atoms with Crippen LogP contribution in [0.4, 0.5) is 65.9 Å². The molecule has 0 aromatic carbocycles. The minimum Gasteiger partial charge on any atom is -0.275 e. The second-order valence-electron chi connectivity index (χ2n) is 5.86. The van der Waals surface area contributed by atoms with Gasteiger partial charge in [0.25, 0.3) is 0 Å². The Kier molecular flexibility index (Phi) is 5.24. The number of fused-ring (bicyclic) bond motifs is 1. The van der Waals surface area contributed by atoms with Crippen LogP contribution < -0.4 is 0 Å². The van der Waals surface area contributed by atoms with Crippen molar-refractivity contribution in [3.8, 4) is 0 Å². The van der Waals surface area contributed by atoms with E-state index in [2.05, 4.69) is 4.99 Å². The van der Waals surface area contributed by atoms with Gasteiger partial charge < -0.3 is 0 Å². The van der Waals surface area contributed by atoms with Gasteiger partial charge in [0.05, 0.1) is 0 Å². The van der Waals surface area contributed by atoms with Crippen LogP contribution in [0, 0.1) is 0 Å². The summed E-state index contributed by atoms with van der Waals surface area (Å²) in [7, 11) is 0. The van der Waals surface area contributed by atoms with Crippen molar-refractivity contribution in [1.82, 2.24) is 4.90 Å². The lowest BCUT2D eigenvalue weighted by Gasteiger charge is -2.44. The van der Waals surface area contributed by atoms with Crippen molar-refractivity contribution in [2.75, 3.05) is 0 Å². The van der Waals surface area contributed by atoms with E-state index >= 15 is 0 Å². The Morgan fingerprint density at radius 2 is 1.19 bits per heavy atom. The fourth-order valence-corrected chi connectivity index (χ4v) is 2.16. The summed E-state index contributed by atoms with van der Waals surface area (Å²) >= 11 is 0. The number of amidine groups is 2. The van der Waals surface area contributed by atoms with Gasteiger partial charge in [0.1, 0.15) is 5.84 Å². The highest BCUT2D eigenvalue weighted by molar-refractivity contribution is 6.08. The van der Waals surface area contributed by atoms with Gasteiger partial charge in [0.15, 0.2) is 0 Å². The molecule has 3 nitrogen and oxygen atoms in total. The summed E-state index contributed by atoms with van der Waals surface area (Å²) in [5, 5.41) is 0. The summed E-state index contributed by atoms with van der Waals surface area (Å²) in [6, 6.07) is 0. The Morgan fingerprint density at radius 1 is 0.710 bits per heavy atom. The van der Waals surface area contributed by atoms with Gasteiger partial charge >= 0.3 is 42.0 Å². The first-order chi connectivity index (χ1) is 13.6. The highest BCUT2D eigenvalue weighted by Gasteiger charge is 2.84. The lowest BCUT2D eigenvalue weighted by molar-refractivity contribution is -0.388. The Morgan fingerprint density at radius 3 is 1.65 bits per heavy atom. The normalized spacial score (nSPS) is 23.5. The highest BCUT2D eigenvalue weighted by atomic mass is 19.4. The van der Waals surface area contributed by atoms with Crippen LogP contribution in [-0.4, -0.2) is 58.5 Å². The standard InChI is InChI=1S/C13H4F15N3/c14-7(15,8(16,17)11(22,23)24)6-29-5-3-1-2-4-31(5)13(28,30-6)10(20,21)9(18,19)12(25,26)27/h1-4H. The van der Waals surface area contributed by atoms with Crippen LogP contribution in [0.3, 0.4) is 0 Å². The molecule has 2 aliphatic heterocycles. The Hall–Kier alpha value is -2.43. The third kappa shape index (κ3) is 3.24. The minimum absolute atomic E-state index is 0.0560.